The van der Waals surface area contributed by atoms with Crippen molar-refractivity contribution in [3.05, 3.63) is 82.4 Å². The van der Waals surface area contributed by atoms with E-state index in [0.29, 0.717) is 35.8 Å². The molecule has 2 N–H and O–H groups in total. The normalized spacial score (nSPS) is 15.2. The zero-order valence-electron chi connectivity index (χ0n) is 16.5. The summed E-state index contributed by atoms with van der Waals surface area (Å²) in [6.07, 6.45) is -0.364. The standard InChI is InChI=1S/C22H20N4O5/c23-16-7-9-17(10-8-16)30-14-4-13-25-21-18(11-12-19(24-21)26(28)29)31-20(22(25)27)15-5-2-1-3-6-15/h1-3,5-12,20H,4,13-14,23H2. The molecule has 0 saturated heterocycles. The molecule has 0 fully saturated rings. The van der Waals surface area contributed by atoms with Gasteiger partial charge in [0.1, 0.15) is 5.75 Å². The third-order valence-electron chi connectivity index (χ3n) is 4.78. The molecule has 2 heterocycles. The lowest BCUT2D eigenvalue weighted by molar-refractivity contribution is -0.389. The maximum Gasteiger partial charge on any atom is 0.366 e. The SMILES string of the molecule is Nc1ccc(OCCCN2C(=O)C(c3ccccc3)Oc3ccc([N+](=O)[O-])nc32)cc1. The number of nitrogens with two attached hydrogens (primary N) is 1. The van der Waals surface area contributed by atoms with E-state index in [0.717, 1.165) is 0 Å². The molecule has 1 amide bonds. The molecule has 0 bridgehead atoms. The Labute approximate surface area is 178 Å². The van der Waals surface area contributed by atoms with E-state index >= 15 is 0 Å². The van der Waals surface area contributed by atoms with Crippen molar-refractivity contribution < 1.29 is 19.2 Å². The Hall–Kier alpha value is -4.14. The molecule has 2 aromatic carbocycles. The predicted molar refractivity (Wildman–Crippen MR) is 114 cm³/mol. The summed E-state index contributed by atoms with van der Waals surface area (Å²) < 4.78 is 11.6. The first-order valence-corrected chi connectivity index (χ1v) is 9.69. The van der Waals surface area contributed by atoms with E-state index in [2.05, 4.69) is 4.98 Å². The number of fused-ring (bicyclic) bond motifs is 1. The molecule has 3 aromatic rings. The van der Waals surface area contributed by atoms with E-state index in [4.69, 9.17) is 15.2 Å². The fraction of sp³-hybridized carbons (Fsp3) is 0.182. The van der Waals surface area contributed by atoms with Crippen LogP contribution in [0.2, 0.25) is 0 Å². The summed E-state index contributed by atoms with van der Waals surface area (Å²) in [6.45, 7) is 0.608. The summed E-state index contributed by atoms with van der Waals surface area (Å²) in [7, 11) is 0. The van der Waals surface area contributed by atoms with Gasteiger partial charge in [-0.1, -0.05) is 30.3 Å². The molecule has 4 rings (SSSR count). The van der Waals surface area contributed by atoms with Crippen LogP contribution in [0.5, 0.6) is 11.5 Å². The number of pyridine rings is 1. The van der Waals surface area contributed by atoms with E-state index < -0.39 is 11.0 Å². The van der Waals surface area contributed by atoms with Crippen molar-refractivity contribution in [3.8, 4) is 11.5 Å². The second-order valence-corrected chi connectivity index (χ2v) is 6.92. The van der Waals surface area contributed by atoms with Gasteiger partial charge in [-0.25, -0.2) is 0 Å². The number of amides is 1. The zero-order valence-corrected chi connectivity index (χ0v) is 16.5. The van der Waals surface area contributed by atoms with Gasteiger partial charge in [-0.05, 0) is 46.7 Å². The summed E-state index contributed by atoms with van der Waals surface area (Å²) >= 11 is 0. The lowest BCUT2D eigenvalue weighted by Gasteiger charge is -2.31. The highest BCUT2D eigenvalue weighted by atomic mass is 16.6. The quantitative estimate of drug-likeness (QED) is 0.269. The first-order chi connectivity index (χ1) is 15.0. The van der Waals surface area contributed by atoms with E-state index in [1.165, 1.54) is 17.0 Å². The van der Waals surface area contributed by atoms with Gasteiger partial charge in [0.2, 0.25) is 6.10 Å². The lowest BCUT2D eigenvalue weighted by Crippen LogP contribution is -2.42. The maximum atomic E-state index is 13.2. The smallest absolute Gasteiger partial charge is 0.366 e. The number of hydrogen-bond donors (Lipinski definition) is 1. The number of ether oxygens (including phenoxy) is 2. The number of nitro groups is 1. The van der Waals surface area contributed by atoms with Gasteiger partial charge >= 0.3 is 5.82 Å². The average molecular weight is 420 g/mol. The predicted octanol–water partition coefficient (Wildman–Crippen LogP) is 3.51. The van der Waals surface area contributed by atoms with Gasteiger partial charge in [-0.15, -0.1) is 0 Å². The Morgan fingerprint density at radius 3 is 2.55 bits per heavy atom. The fourth-order valence-electron chi connectivity index (χ4n) is 3.27. The third-order valence-corrected chi connectivity index (χ3v) is 4.78. The minimum Gasteiger partial charge on any atom is -0.494 e. The Morgan fingerprint density at radius 1 is 1.10 bits per heavy atom. The van der Waals surface area contributed by atoms with Gasteiger partial charge in [0.05, 0.1) is 6.61 Å². The van der Waals surface area contributed by atoms with Crippen LogP contribution < -0.4 is 20.1 Å². The molecule has 9 nitrogen and oxygen atoms in total. The summed E-state index contributed by atoms with van der Waals surface area (Å²) in [6, 6.07) is 18.8. The number of aromatic nitrogens is 1. The molecule has 1 unspecified atom stereocenters. The zero-order chi connectivity index (χ0) is 21.8. The number of anilines is 2. The Kier molecular flexibility index (Phi) is 5.65. The van der Waals surface area contributed by atoms with Crippen LogP contribution in [-0.2, 0) is 4.79 Å². The molecule has 158 valence electrons. The number of nitrogens with zero attached hydrogens (tertiary/aromatic N) is 3. The maximum absolute atomic E-state index is 13.2. The van der Waals surface area contributed by atoms with Crippen LogP contribution >= 0.6 is 0 Å². The highest BCUT2D eigenvalue weighted by molar-refractivity contribution is 5.99. The van der Waals surface area contributed by atoms with Crippen LogP contribution in [0.25, 0.3) is 0 Å². The number of nitrogen functional groups attached to an aromatic ring is 1. The molecular formula is C22H20N4O5. The highest BCUT2D eigenvalue weighted by Gasteiger charge is 2.39. The first-order valence-electron chi connectivity index (χ1n) is 9.69. The van der Waals surface area contributed by atoms with Crippen molar-refractivity contribution in [1.82, 2.24) is 4.98 Å². The lowest BCUT2D eigenvalue weighted by atomic mass is 10.1. The highest BCUT2D eigenvalue weighted by Crippen LogP contribution is 2.38. The van der Waals surface area contributed by atoms with Crippen molar-refractivity contribution in [2.24, 2.45) is 0 Å². The molecule has 31 heavy (non-hydrogen) atoms. The van der Waals surface area contributed by atoms with Gasteiger partial charge in [0, 0.05) is 23.9 Å². The number of carbonyl (C=O) groups excluding carboxylic acids is 1. The topological polar surface area (TPSA) is 121 Å². The van der Waals surface area contributed by atoms with Gasteiger partial charge in [0.25, 0.3) is 11.7 Å². The fourth-order valence-corrected chi connectivity index (χ4v) is 3.27. The molecule has 0 radical (unpaired) electrons. The van der Waals surface area contributed by atoms with Crippen LogP contribution in [-0.4, -0.2) is 29.0 Å². The van der Waals surface area contributed by atoms with Crippen LogP contribution in [0.4, 0.5) is 17.3 Å². The molecule has 1 aromatic heterocycles. The summed E-state index contributed by atoms with van der Waals surface area (Å²) in [5, 5.41) is 11.2. The minimum atomic E-state index is -0.852. The number of carbonyl (C=O) groups is 1. The van der Waals surface area contributed by atoms with Crippen molar-refractivity contribution in [1.29, 1.82) is 0 Å². The summed E-state index contributed by atoms with van der Waals surface area (Å²) in [5.74, 6) is 0.437. The molecule has 1 aliphatic heterocycles. The summed E-state index contributed by atoms with van der Waals surface area (Å²) in [5.41, 5.74) is 7.00. The molecule has 1 atom stereocenters. The van der Waals surface area contributed by atoms with Crippen LogP contribution in [0.15, 0.2) is 66.7 Å². The Balaban J connectivity index is 1.54. The second kappa shape index (κ2) is 8.70. The minimum absolute atomic E-state index is 0.138. The monoisotopic (exact) mass is 420 g/mol. The van der Waals surface area contributed by atoms with Crippen molar-refractivity contribution in [2.45, 2.75) is 12.5 Å². The van der Waals surface area contributed by atoms with Gasteiger partial charge in [-0.3, -0.25) is 9.69 Å². The molecule has 0 aliphatic carbocycles. The van der Waals surface area contributed by atoms with Crippen LogP contribution in [0, 0.1) is 10.1 Å². The molecule has 0 spiro atoms. The van der Waals surface area contributed by atoms with Gasteiger partial charge in [-0.2, -0.15) is 0 Å². The van der Waals surface area contributed by atoms with Crippen LogP contribution in [0.1, 0.15) is 18.1 Å². The largest absolute Gasteiger partial charge is 0.494 e. The van der Waals surface area contributed by atoms with E-state index in [9.17, 15) is 14.9 Å². The molecule has 1 aliphatic rings. The molecule has 0 saturated carbocycles. The van der Waals surface area contributed by atoms with Crippen molar-refractivity contribution >= 4 is 23.2 Å². The molecule has 9 heteroatoms. The molecular weight excluding hydrogens is 400 g/mol. The first kappa shape index (κ1) is 20.1. The number of rotatable bonds is 7. The average Bonchev–Trinajstić information content (AvgIpc) is 2.79. The third kappa shape index (κ3) is 4.40. The van der Waals surface area contributed by atoms with Crippen LogP contribution in [0.3, 0.4) is 0 Å². The Morgan fingerprint density at radius 2 is 1.84 bits per heavy atom. The van der Waals surface area contributed by atoms with E-state index in [1.54, 1.807) is 36.4 Å². The van der Waals surface area contributed by atoms with Gasteiger partial charge in [0.15, 0.2) is 5.75 Å². The summed E-state index contributed by atoms with van der Waals surface area (Å²) in [4.78, 5) is 29.3. The number of benzene rings is 2. The van der Waals surface area contributed by atoms with Crippen molar-refractivity contribution in [3.63, 3.8) is 0 Å². The Bertz CT molecular complexity index is 1090. The van der Waals surface area contributed by atoms with E-state index in [-0.39, 0.29) is 24.1 Å². The van der Waals surface area contributed by atoms with E-state index in [1.807, 2.05) is 18.2 Å². The number of hydrogen-bond acceptors (Lipinski definition) is 7. The van der Waals surface area contributed by atoms with Crippen molar-refractivity contribution in [2.75, 3.05) is 23.8 Å². The van der Waals surface area contributed by atoms with Gasteiger partial charge < -0.3 is 25.3 Å². The second-order valence-electron chi connectivity index (χ2n) is 6.92.